The number of cyclic esters (lactones) is 1. The fourth-order valence-electron chi connectivity index (χ4n) is 18.8. The van der Waals surface area contributed by atoms with Crippen LogP contribution in [0.1, 0.15) is 207 Å². The van der Waals surface area contributed by atoms with E-state index in [1.54, 1.807) is 6.08 Å². The second-order valence-corrected chi connectivity index (χ2v) is 27.2. The van der Waals surface area contributed by atoms with Crippen molar-refractivity contribution in [1.82, 2.24) is 0 Å². The van der Waals surface area contributed by atoms with Crippen LogP contribution in [0.4, 0.5) is 0 Å². The molecule has 3 spiro atoms. The first-order valence-electron chi connectivity index (χ1n) is 29.6. The number of esters is 2. The number of rotatable bonds is 19. The van der Waals surface area contributed by atoms with Gasteiger partial charge in [-0.15, -0.1) is 0 Å². The average molecular weight is 989 g/mol. The van der Waals surface area contributed by atoms with Gasteiger partial charge >= 0.3 is 11.9 Å². The predicted octanol–water partition coefficient (Wildman–Crippen LogP) is 14.1. The second-order valence-electron chi connectivity index (χ2n) is 27.2. The fraction of sp³-hybridized carbons (Fsp3) is 0.754. The van der Waals surface area contributed by atoms with Crippen LogP contribution in [0.3, 0.4) is 0 Å². The first-order valence-corrected chi connectivity index (χ1v) is 29.6. The fourth-order valence-corrected chi connectivity index (χ4v) is 18.8. The average Bonchev–Trinajstić information content (AvgIpc) is 4.14. The monoisotopic (exact) mass is 989 g/mol. The molecule has 72 heavy (non-hydrogen) atoms. The number of hydrogen-bond donors (Lipinski definition) is 3. The van der Waals surface area contributed by atoms with E-state index in [1.807, 2.05) is 6.92 Å². The quantitative estimate of drug-likeness (QED) is 0.120. The summed E-state index contributed by atoms with van der Waals surface area (Å²) in [6.07, 6.45) is 26.8. The predicted molar refractivity (Wildman–Crippen MR) is 288 cm³/mol. The van der Waals surface area contributed by atoms with Crippen LogP contribution in [0.25, 0.3) is 0 Å². The van der Waals surface area contributed by atoms with Crippen molar-refractivity contribution in [2.45, 2.75) is 232 Å². The smallest absolute Gasteiger partial charge is 0.331 e. The molecule has 1 aliphatic heterocycles. The Morgan fingerprint density at radius 3 is 2.11 bits per heavy atom. The highest BCUT2D eigenvalue weighted by Gasteiger charge is 2.75. The molecule has 6 aliphatic carbocycles. The molecule has 3 N–H and O–H groups in total. The molecule has 2 aromatic carbocycles. The van der Waals surface area contributed by atoms with E-state index in [0.717, 1.165) is 74.7 Å². The van der Waals surface area contributed by atoms with Crippen molar-refractivity contribution in [2.24, 2.45) is 68.5 Å². The van der Waals surface area contributed by atoms with E-state index in [0.29, 0.717) is 53.8 Å². The largest absolute Gasteiger partial charge is 0.462 e. The first kappa shape index (κ1) is 53.8. The zero-order valence-corrected chi connectivity index (χ0v) is 45.7. The maximum Gasteiger partial charge on any atom is 0.331 e. The van der Waals surface area contributed by atoms with Crippen LogP contribution in [0.5, 0.6) is 0 Å². The Morgan fingerprint density at radius 1 is 0.792 bits per heavy atom. The van der Waals surface area contributed by atoms with Crippen molar-refractivity contribution >= 4 is 11.9 Å². The molecule has 1 heterocycles. The van der Waals surface area contributed by atoms with Gasteiger partial charge in [0.2, 0.25) is 0 Å². The molecule has 7 nitrogen and oxygen atoms in total. The number of carbonyl (C=O) groups excluding carboxylic acids is 2. The molecule has 13 atom stereocenters. The lowest BCUT2D eigenvalue weighted by molar-refractivity contribution is -0.327. The van der Waals surface area contributed by atoms with E-state index < -0.39 is 40.7 Å². The lowest BCUT2D eigenvalue weighted by Crippen LogP contribution is -2.77. The summed E-state index contributed by atoms with van der Waals surface area (Å²) in [5.74, 6) is 1.53. The van der Waals surface area contributed by atoms with Crippen LogP contribution in [0.2, 0.25) is 0 Å². The Bertz CT molecular complexity index is 2160. The molecule has 0 unspecified atom stereocenters. The summed E-state index contributed by atoms with van der Waals surface area (Å²) in [5.41, 5.74) is 1.67. The van der Waals surface area contributed by atoms with Gasteiger partial charge in [-0.3, -0.25) is 4.79 Å². The number of hydrogen-bond acceptors (Lipinski definition) is 7. The minimum absolute atomic E-state index is 0.205. The van der Waals surface area contributed by atoms with Crippen LogP contribution in [0, 0.1) is 68.5 Å². The van der Waals surface area contributed by atoms with E-state index in [-0.39, 0.29) is 30.9 Å². The van der Waals surface area contributed by atoms with Gasteiger partial charge in [-0.2, -0.15) is 0 Å². The SMILES string of the molecule is CC(=O)O[C@@H]1C[C@@H](C)[C@](O)(CCC2=CC(=O)OC2)[C@@]2([C@H](O)CC[C@H](C)CCCc3ccccc3)[C@H](O)CC[C@@](C)(C3CCC4(CC3)C[C@@H](CCc3ccccc3)[C@@]3(CC[C@]5(CC[C@@H](CCC(C)C)C5)C3)C4)[C@H]12. The minimum Gasteiger partial charge on any atom is -0.462 e. The molecule has 0 radical (unpaired) electrons. The highest BCUT2D eigenvalue weighted by molar-refractivity contribution is 5.85. The molecule has 7 aliphatic rings. The minimum atomic E-state index is -1.50. The summed E-state index contributed by atoms with van der Waals surface area (Å²) >= 11 is 0. The third-order valence-corrected chi connectivity index (χ3v) is 22.3. The van der Waals surface area contributed by atoms with Gasteiger partial charge in [0, 0.05) is 18.9 Å². The summed E-state index contributed by atoms with van der Waals surface area (Å²) in [4.78, 5) is 25.6. The van der Waals surface area contributed by atoms with Gasteiger partial charge in [0.25, 0.3) is 0 Å². The van der Waals surface area contributed by atoms with Crippen molar-refractivity contribution in [1.29, 1.82) is 0 Å². The Labute approximate surface area is 435 Å². The molecule has 9 rings (SSSR count). The van der Waals surface area contributed by atoms with Crippen molar-refractivity contribution < 1.29 is 34.4 Å². The van der Waals surface area contributed by atoms with E-state index in [2.05, 4.69) is 88.4 Å². The lowest BCUT2D eigenvalue weighted by atomic mass is 9.37. The number of aryl methyl sites for hydroxylation is 2. The molecule has 2 aromatic rings. The Kier molecular flexibility index (Phi) is 16.4. The molecule has 0 bridgehead atoms. The number of aliphatic hydroxyl groups excluding tert-OH is 2. The maximum atomic E-state index is 13.9. The van der Waals surface area contributed by atoms with Gasteiger partial charge in [-0.05, 0) is 222 Å². The van der Waals surface area contributed by atoms with Gasteiger partial charge in [0.05, 0.1) is 23.2 Å². The van der Waals surface area contributed by atoms with Crippen LogP contribution < -0.4 is 0 Å². The number of ether oxygens (including phenoxy) is 2. The van der Waals surface area contributed by atoms with E-state index in [4.69, 9.17) is 9.47 Å². The normalized spacial score (nSPS) is 39.4. The van der Waals surface area contributed by atoms with Crippen LogP contribution in [-0.4, -0.2) is 57.8 Å². The molecule has 0 aromatic heterocycles. The van der Waals surface area contributed by atoms with Gasteiger partial charge in [-0.1, -0.05) is 115 Å². The van der Waals surface area contributed by atoms with Crippen molar-refractivity contribution in [3.8, 4) is 0 Å². The number of fused-ring (bicyclic) bond motifs is 1. The van der Waals surface area contributed by atoms with E-state index >= 15 is 0 Å². The summed E-state index contributed by atoms with van der Waals surface area (Å²) in [6, 6.07) is 21.9. The summed E-state index contributed by atoms with van der Waals surface area (Å²) in [5, 5.41) is 40.1. The van der Waals surface area contributed by atoms with Crippen molar-refractivity contribution in [3.05, 3.63) is 83.4 Å². The zero-order chi connectivity index (χ0) is 50.9. The Balaban J connectivity index is 0.995. The molecule has 398 valence electrons. The maximum absolute atomic E-state index is 13.9. The summed E-state index contributed by atoms with van der Waals surface area (Å²) < 4.78 is 11.9. The van der Waals surface area contributed by atoms with Gasteiger partial charge < -0.3 is 24.8 Å². The highest BCUT2D eigenvalue weighted by atomic mass is 16.5. The third-order valence-electron chi connectivity index (χ3n) is 22.3. The van der Waals surface area contributed by atoms with Gasteiger partial charge in [-0.25, -0.2) is 4.79 Å². The molecule has 6 fully saturated rings. The first-order chi connectivity index (χ1) is 34.4. The van der Waals surface area contributed by atoms with E-state index in [1.165, 1.54) is 102 Å². The molecule has 6 saturated carbocycles. The standard InChI is InChI=1S/C65H96O7/c1-45(2)20-22-51-26-32-62(40-51)36-37-63(44-62)43-61(41-54(63)24-23-50-17-11-8-12-18-50)33-28-53(29-34-61)60(6)31-30-57(68)65(56(67)25-21-46(3)14-13-19-49-15-9-7-10-16-49)59(60)55(72-48(5)66)38-47(4)64(65,70)35-27-52-39-58(69)71-42-52/h7-12,15-18,39,45-47,51,53-57,59,67-68,70H,13-14,19-38,40-44H2,1-6H3/t46-,47-,51-,53?,54-,55-,56-,57-,59+,60+,61?,62+,63+,64-,65+/m1/s1. The summed E-state index contributed by atoms with van der Waals surface area (Å²) in [7, 11) is 0. The van der Waals surface area contributed by atoms with E-state index in [9.17, 15) is 24.9 Å². The third kappa shape index (κ3) is 10.7. The molecular formula is C65H96O7. The Morgan fingerprint density at radius 2 is 1.46 bits per heavy atom. The highest BCUT2D eigenvalue weighted by Crippen LogP contribution is 2.74. The van der Waals surface area contributed by atoms with Crippen LogP contribution in [0.15, 0.2) is 72.3 Å². The topological polar surface area (TPSA) is 113 Å². The zero-order valence-electron chi connectivity index (χ0n) is 45.7. The molecule has 7 heteroatoms. The van der Waals surface area contributed by atoms with Crippen molar-refractivity contribution in [3.63, 3.8) is 0 Å². The van der Waals surface area contributed by atoms with Crippen molar-refractivity contribution in [2.75, 3.05) is 6.61 Å². The van der Waals surface area contributed by atoms with Crippen LogP contribution >= 0.6 is 0 Å². The molecular weight excluding hydrogens is 893 g/mol. The number of benzene rings is 2. The molecule has 0 amide bonds. The Hall–Kier alpha value is -3.00. The lowest BCUT2D eigenvalue weighted by Gasteiger charge is -2.70. The van der Waals surface area contributed by atoms with Gasteiger partial charge in [0.1, 0.15) is 12.7 Å². The molecule has 0 saturated heterocycles. The second kappa shape index (κ2) is 21.9. The summed E-state index contributed by atoms with van der Waals surface area (Å²) in [6.45, 7) is 13.2. The van der Waals surface area contributed by atoms with Gasteiger partial charge in [0.15, 0.2) is 0 Å². The van der Waals surface area contributed by atoms with Crippen LogP contribution in [-0.2, 0) is 31.9 Å². The number of aliphatic hydroxyl groups is 3. The number of carbonyl (C=O) groups is 2.